The molecule has 5 rings (SSSR count). The summed E-state index contributed by atoms with van der Waals surface area (Å²) in [5, 5.41) is 23.6. The highest BCUT2D eigenvalue weighted by atomic mass is 16.3. The Balaban J connectivity index is 1.36. The summed E-state index contributed by atoms with van der Waals surface area (Å²) >= 11 is 0. The van der Waals surface area contributed by atoms with Gasteiger partial charge in [0.1, 0.15) is 11.5 Å². The van der Waals surface area contributed by atoms with E-state index in [4.69, 9.17) is 0 Å². The average molecular weight is 400 g/mol. The lowest BCUT2D eigenvalue weighted by Gasteiger charge is -2.18. The van der Waals surface area contributed by atoms with Gasteiger partial charge in [0.2, 0.25) is 0 Å². The van der Waals surface area contributed by atoms with Gasteiger partial charge in [-0.05, 0) is 59.7 Å². The molecule has 2 aliphatic rings. The molecule has 0 bridgehead atoms. The molecule has 1 aliphatic carbocycles. The van der Waals surface area contributed by atoms with Crippen LogP contribution in [0.1, 0.15) is 38.2 Å². The fourth-order valence-corrected chi connectivity index (χ4v) is 4.61. The predicted octanol–water partition coefficient (Wildman–Crippen LogP) is 4.14. The van der Waals surface area contributed by atoms with Crippen molar-refractivity contribution in [3.63, 3.8) is 0 Å². The van der Waals surface area contributed by atoms with Gasteiger partial charge in [-0.3, -0.25) is 4.79 Å². The van der Waals surface area contributed by atoms with Crippen molar-refractivity contribution >= 4 is 11.6 Å². The second-order valence-corrected chi connectivity index (χ2v) is 8.28. The third kappa shape index (κ3) is 3.16. The fourth-order valence-electron chi connectivity index (χ4n) is 4.61. The number of anilines is 1. The lowest BCUT2D eigenvalue weighted by molar-refractivity contribution is 0.0748. The van der Waals surface area contributed by atoms with Crippen molar-refractivity contribution < 1.29 is 15.0 Å². The van der Waals surface area contributed by atoms with Gasteiger partial charge in [0.25, 0.3) is 5.91 Å². The number of phenolic OH excluding ortho intramolecular Hbond substituents is 2. The molecule has 0 atom stereocenters. The van der Waals surface area contributed by atoms with E-state index in [9.17, 15) is 15.0 Å². The first-order valence-electron chi connectivity index (χ1n) is 10.3. The number of carbonyl (C=O) groups is 1. The molecule has 1 aliphatic heterocycles. The molecular weight excluding hydrogens is 376 g/mol. The molecule has 1 amide bonds. The van der Waals surface area contributed by atoms with Gasteiger partial charge in [0.15, 0.2) is 0 Å². The minimum atomic E-state index is -0.231. The largest absolute Gasteiger partial charge is 0.508 e. The van der Waals surface area contributed by atoms with Crippen molar-refractivity contribution in [3.8, 4) is 11.5 Å². The minimum Gasteiger partial charge on any atom is -0.508 e. The number of amides is 1. The second kappa shape index (κ2) is 7.10. The van der Waals surface area contributed by atoms with E-state index in [1.165, 1.54) is 17.2 Å². The zero-order chi connectivity index (χ0) is 20.8. The Bertz CT molecular complexity index is 1130. The van der Waals surface area contributed by atoms with E-state index < -0.39 is 0 Å². The van der Waals surface area contributed by atoms with Gasteiger partial charge < -0.3 is 20.4 Å². The van der Waals surface area contributed by atoms with Crippen molar-refractivity contribution in [2.45, 2.75) is 38.9 Å². The van der Waals surface area contributed by atoms with E-state index in [1.807, 2.05) is 6.07 Å². The van der Waals surface area contributed by atoms with Crippen molar-refractivity contribution in [1.82, 2.24) is 4.90 Å². The van der Waals surface area contributed by atoms with Gasteiger partial charge in [-0.2, -0.15) is 0 Å². The summed E-state index contributed by atoms with van der Waals surface area (Å²) in [7, 11) is 0. The molecule has 1 heterocycles. The van der Waals surface area contributed by atoms with Crippen LogP contribution in [0.15, 0.2) is 54.6 Å². The SMILES string of the molecule is Cc1cc(C(=O)N2Cc3cccc(NC4Cc5ccccc5C4)c3C2)c(O)cc1O. The van der Waals surface area contributed by atoms with Crippen molar-refractivity contribution in [2.75, 3.05) is 5.32 Å². The lowest BCUT2D eigenvalue weighted by Crippen LogP contribution is -2.26. The highest BCUT2D eigenvalue weighted by Gasteiger charge is 2.29. The predicted molar refractivity (Wildman–Crippen MR) is 116 cm³/mol. The summed E-state index contributed by atoms with van der Waals surface area (Å²) in [4.78, 5) is 14.8. The zero-order valence-electron chi connectivity index (χ0n) is 16.9. The Morgan fingerprint density at radius 1 is 0.933 bits per heavy atom. The summed E-state index contributed by atoms with van der Waals surface area (Å²) in [6, 6.07) is 17.9. The molecule has 0 spiro atoms. The number of rotatable bonds is 3. The number of carbonyl (C=O) groups excluding carboxylic acids is 1. The van der Waals surface area contributed by atoms with Crippen molar-refractivity contribution in [3.05, 3.63) is 88.0 Å². The van der Waals surface area contributed by atoms with E-state index >= 15 is 0 Å². The van der Waals surface area contributed by atoms with E-state index in [2.05, 4.69) is 41.7 Å². The molecule has 0 saturated carbocycles. The van der Waals surface area contributed by atoms with E-state index in [0.29, 0.717) is 24.7 Å². The van der Waals surface area contributed by atoms with Crippen LogP contribution < -0.4 is 5.32 Å². The molecule has 3 aromatic carbocycles. The number of benzene rings is 3. The summed E-state index contributed by atoms with van der Waals surface area (Å²) in [5.41, 5.74) is 6.92. The van der Waals surface area contributed by atoms with Gasteiger partial charge in [-0.15, -0.1) is 0 Å². The summed E-state index contributed by atoms with van der Waals surface area (Å²) in [6.07, 6.45) is 2.01. The van der Waals surface area contributed by atoms with Crippen molar-refractivity contribution in [2.24, 2.45) is 0 Å². The highest BCUT2D eigenvalue weighted by Crippen LogP contribution is 2.34. The molecule has 3 N–H and O–H groups in total. The Morgan fingerprint density at radius 3 is 2.37 bits per heavy atom. The molecule has 0 radical (unpaired) electrons. The minimum absolute atomic E-state index is 0.0159. The van der Waals surface area contributed by atoms with Gasteiger partial charge in [-0.1, -0.05) is 36.4 Å². The number of aryl methyl sites for hydroxylation is 1. The van der Waals surface area contributed by atoms with Gasteiger partial charge in [0.05, 0.1) is 5.56 Å². The van der Waals surface area contributed by atoms with Crippen LogP contribution in [0.4, 0.5) is 5.69 Å². The maximum atomic E-state index is 13.1. The number of hydrogen-bond donors (Lipinski definition) is 3. The van der Waals surface area contributed by atoms with Crippen LogP contribution in [-0.4, -0.2) is 27.1 Å². The first-order valence-corrected chi connectivity index (χ1v) is 10.3. The first-order chi connectivity index (χ1) is 14.5. The van der Waals surface area contributed by atoms with Crippen LogP contribution in [0.25, 0.3) is 0 Å². The van der Waals surface area contributed by atoms with Crippen LogP contribution in [0, 0.1) is 6.92 Å². The van der Waals surface area contributed by atoms with Gasteiger partial charge >= 0.3 is 0 Å². The van der Waals surface area contributed by atoms with Crippen molar-refractivity contribution in [1.29, 1.82) is 0 Å². The highest BCUT2D eigenvalue weighted by molar-refractivity contribution is 5.97. The number of aromatic hydroxyl groups is 2. The van der Waals surface area contributed by atoms with Crippen LogP contribution in [0.2, 0.25) is 0 Å². The Morgan fingerprint density at radius 2 is 1.63 bits per heavy atom. The molecular formula is C25H24N2O3. The summed E-state index contributed by atoms with van der Waals surface area (Å²) in [6.45, 7) is 2.72. The molecule has 3 aromatic rings. The number of phenols is 2. The first kappa shape index (κ1) is 18.6. The molecule has 30 heavy (non-hydrogen) atoms. The summed E-state index contributed by atoms with van der Waals surface area (Å²) in [5.74, 6) is -0.440. The summed E-state index contributed by atoms with van der Waals surface area (Å²) < 4.78 is 0. The number of hydrogen-bond acceptors (Lipinski definition) is 4. The number of nitrogens with zero attached hydrogens (tertiary/aromatic N) is 1. The fraction of sp³-hybridized carbons (Fsp3) is 0.240. The second-order valence-electron chi connectivity index (χ2n) is 8.28. The smallest absolute Gasteiger partial charge is 0.258 e. The topological polar surface area (TPSA) is 72.8 Å². The molecule has 0 aromatic heterocycles. The molecule has 152 valence electrons. The molecule has 0 fully saturated rings. The average Bonchev–Trinajstić information content (AvgIpc) is 3.34. The molecule has 5 heteroatoms. The lowest BCUT2D eigenvalue weighted by atomic mass is 10.1. The van der Waals surface area contributed by atoms with E-state index in [1.54, 1.807) is 17.9 Å². The standard InChI is InChI=1S/C25H24N2O3/c1-15-9-20(24(29)12-23(15)28)25(30)27-13-18-7-4-8-22(21(18)14-27)26-19-10-16-5-2-3-6-17(16)11-19/h2-9,12,19,26,28-29H,10-11,13-14H2,1H3. The maximum absolute atomic E-state index is 13.1. The Hall–Kier alpha value is -3.47. The molecule has 5 nitrogen and oxygen atoms in total. The number of fused-ring (bicyclic) bond motifs is 2. The van der Waals surface area contributed by atoms with Crippen LogP contribution >= 0.6 is 0 Å². The Labute approximate surface area is 175 Å². The van der Waals surface area contributed by atoms with E-state index in [-0.39, 0.29) is 23.0 Å². The van der Waals surface area contributed by atoms with Gasteiger partial charge in [-0.25, -0.2) is 0 Å². The molecule has 0 unspecified atom stereocenters. The van der Waals surface area contributed by atoms with E-state index in [0.717, 1.165) is 29.7 Å². The third-order valence-corrected chi connectivity index (χ3v) is 6.23. The molecule has 0 saturated heterocycles. The zero-order valence-corrected chi connectivity index (χ0v) is 16.9. The van der Waals surface area contributed by atoms with Gasteiger partial charge in [0, 0.05) is 30.9 Å². The maximum Gasteiger partial charge on any atom is 0.258 e. The number of nitrogens with one attached hydrogen (secondary N) is 1. The van der Waals surface area contributed by atoms with Crippen LogP contribution in [0.3, 0.4) is 0 Å². The monoisotopic (exact) mass is 400 g/mol. The third-order valence-electron chi connectivity index (χ3n) is 6.23. The quantitative estimate of drug-likeness (QED) is 0.618. The van der Waals surface area contributed by atoms with Crippen LogP contribution in [-0.2, 0) is 25.9 Å². The Kier molecular flexibility index (Phi) is 4.39. The normalized spacial score (nSPS) is 15.2. The van der Waals surface area contributed by atoms with Crippen LogP contribution in [0.5, 0.6) is 11.5 Å².